The summed E-state index contributed by atoms with van der Waals surface area (Å²) >= 11 is 5.99. The number of hydrogen-bond acceptors (Lipinski definition) is 5. The summed E-state index contributed by atoms with van der Waals surface area (Å²) in [4.78, 5) is 14.3. The molecule has 8 heteroatoms. The fraction of sp³-hybridized carbons (Fsp3) is 0.389. The average molecular weight is 398 g/mol. The van der Waals surface area contributed by atoms with Crippen molar-refractivity contribution in [3.8, 4) is 5.75 Å². The molecule has 0 unspecified atom stereocenters. The van der Waals surface area contributed by atoms with Crippen LogP contribution in [0.2, 0.25) is 5.02 Å². The first-order chi connectivity index (χ1) is 12.3. The van der Waals surface area contributed by atoms with Crippen LogP contribution in [-0.4, -0.2) is 43.4 Å². The van der Waals surface area contributed by atoms with Crippen LogP contribution >= 0.6 is 11.6 Å². The number of sulfone groups is 1. The van der Waals surface area contributed by atoms with E-state index < -0.39 is 9.84 Å². The Morgan fingerprint density at radius 3 is 2.81 bits per heavy atom. The third-order valence-electron chi connectivity index (χ3n) is 4.37. The predicted molar refractivity (Wildman–Crippen MR) is 98.0 cm³/mol. The number of hydrogen-bond donors (Lipinski definition) is 0. The summed E-state index contributed by atoms with van der Waals surface area (Å²) in [6, 6.07) is 8.28. The molecule has 6 nitrogen and oxygen atoms in total. The molecule has 0 radical (unpaired) electrons. The van der Waals surface area contributed by atoms with Gasteiger partial charge in [0.2, 0.25) is 0 Å². The third kappa shape index (κ3) is 4.59. The largest absolute Gasteiger partial charge is 0.484 e. The minimum atomic E-state index is -3.11. The van der Waals surface area contributed by atoms with Crippen LogP contribution in [0.4, 0.5) is 0 Å². The van der Waals surface area contributed by atoms with Gasteiger partial charge in [-0.05, 0) is 49.2 Å². The lowest BCUT2D eigenvalue weighted by molar-refractivity contribution is -0.136. The third-order valence-corrected chi connectivity index (χ3v) is 6.54. The fourth-order valence-electron chi connectivity index (χ4n) is 2.95. The Morgan fingerprint density at radius 2 is 2.19 bits per heavy atom. The molecule has 26 heavy (non-hydrogen) atoms. The molecule has 0 saturated carbocycles. The van der Waals surface area contributed by atoms with Gasteiger partial charge in [-0.25, -0.2) is 8.42 Å². The molecular formula is C18H20ClNO5S. The molecule has 3 rings (SSSR count). The van der Waals surface area contributed by atoms with Crippen molar-refractivity contribution < 1.29 is 22.4 Å². The molecule has 1 fully saturated rings. The Kier molecular flexibility index (Phi) is 5.58. The minimum Gasteiger partial charge on any atom is -0.484 e. The fourth-order valence-corrected chi connectivity index (χ4v) is 4.80. The summed E-state index contributed by atoms with van der Waals surface area (Å²) in [5, 5.41) is 0.624. The van der Waals surface area contributed by atoms with Crippen molar-refractivity contribution in [2.45, 2.75) is 25.9 Å². The van der Waals surface area contributed by atoms with E-state index in [0.29, 0.717) is 23.0 Å². The first-order valence-corrected chi connectivity index (χ1v) is 10.5. The zero-order valence-electron chi connectivity index (χ0n) is 14.4. The molecule has 2 heterocycles. The Labute approximate surface area is 157 Å². The minimum absolute atomic E-state index is 0.0283. The number of ether oxygens (including phenoxy) is 1. The number of aryl methyl sites for hydroxylation is 1. The zero-order valence-corrected chi connectivity index (χ0v) is 15.9. The van der Waals surface area contributed by atoms with Gasteiger partial charge in [0.05, 0.1) is 24.3 Å². The monoisotopic (exact) mass is 397 g/mol. The molecule has 0 bridgehead atoms. The topological polar surface area (TPSA) is 76.8 Å². The van der Waals surface area contributed by atoms with Gasteiger partial charge in [-0.15, -0.1) is 0 Å². The number of carbonyl (C=O) groups is 1. The van der Waals surface area contributed by atoms with Crippen molar-refractivity contribution in [2.75, 3.05) is 18.1 Å². The molecule has 0 spiro atoms. The van der Waals surface area contributed by atoms with Crippen LogP contribution in [0.1, 0.15) is 17.7 Å². The maximum Gasteiger partial charge on any atom is 0.261 e. The molecule has 0 aliphatic carbocycles. The summed E-state index contributed by atoms with van der Waals surface area (Å²) in [5.74, 6) is 0.925. The summed E-state index contributed by atoms with van der Waals surface area (Å²) < 4.78 is 34.5. The van der Waals surface area contributed by atoms with Gasteiger partial charge >= 0.3 is 0 Å². The van der Waals surface area contributed by atoms with Gasteiger partial charge < -0.3 is 14.1 Å². The first-order valence-electron chi connectivity index (χ1n) is 8.25. The normalized spacial score (nSPS) is 18.6. The SMILES string of the molecule is Cc1cc(OCC(=O)N(Cc2ccco2)[C@H]2CCS(=O)(=O)C2)ccc1Cl. The highest BCUT2D eigenvalue weighted by atomic mass is 35.5. The highest BCUT2D eigenvalue weighted by Crippen LogP contribution is 2.23. The quantitative estimate of drug-likeness (QED) is 0.749. The molecule has 1 aromatic carbocycles. The van der Waals surface area contributed by atoms with E-state index in [1.54, 1.807) is 30.3 Å². The van der Waals surface area contributed by atoms with Crippen LogP contribution in [-0.2, 0) is 21.2 Å². The average Bonchev–Trinajstić information content (AvgIpc) is 3.22. The number of benzene rings is 1. The molecule has 1 aliphatic rings. The van der Waals surface area contributed by atoms with Gasteiger partial charge in [-0.3, -0.25) is 4.79 Å². The Bertz CT molecular complexity index is 879. The van der Waals surface area contributed by atoms with Crippen molar-refractivity contribution in [3.05, 3.63) is 52.9 Å². The van der Waals surface area contributed by atoms with Crippen LogP contribution in [0.25, 0.3) is 0 Å². The molecule has 1 saturated heterocycles. The predicted octanol–water partition coefficient (Wildman–Crippen LogP) is 2.84. The number of rotatable bonds is 6. The first kappa shape index (κ1) is 18.8. The van der Waals surface area contributed by atoms with E-state index in [1.165, 1.54) is 11.2 Å². The lowest BCUT2D eigenvalue weighted by Crippen LogP contribution is -2.43. The van der Waals surface area contributed by atoms with Crippen LogP contribution in [0.3, 0.4) is 0 Å². The van der Waals surface area contributed by atoms with E-state index in [1.807, 2.05) is 6.92 Å². The molecule has 1 aliphatic heterocycles. The van der Waals surface area contributed by atoms with Crippen LogP contribution < -0.4 is 4.74 Å². The van der Waals surface area contributed by atoms with E-state index in [9.17, 15) is 13.2 Å². The van der Waals surface area contributed by atoms with Crippen molar-refractivity contribution in [1.29, 1.82) is 0 Å². The molecule has 1 aromatic heterocycles. The van der Waals surface area contributed by atoms with Crippen molar-refractivity contribution >= 4 is 27.3 Å². The summed E-state index contributed by atoms with van der Waals surface area (Å²) in [6.45, 7) is 1.89. The summed E-state index contributed by atoms with van der Waals surface area (Å²) in [7, 11) is -3.11. The lowest BCUT2D eigenvalue weighted by Gasteiger charge is -2.27. The molecule has 1 amide bonds. The smallest absolute Gasteiger partial charge is 0.261 e. The van der Waals surface area contributed by atoms with E-state index in [-0.39, 0.29) is 36.6 Å². The maximum absolute atomic E-state index is 12.7. The van der Waals surface area contributed by atoms with Gasteiger partial charge in [-0.1, -0.05) is 11.6 Å². The van der Waals surface area contributed by atoms with Crippen LogP contribution in [0.15, 0.2) is 41.0 Å². The Balaban J connectivity index is 1.70. The van der Waals surface area contributed by atoms with Gasteiger partial charge in [0.15, 0.2) is 16.4 Å². The van der Waals surface area contributed by atoms with E-state index in [4.69, 9.17) is 20.8 Å². The van der Waals surface area contributed by atoms with Crippen molar-refractivity contribution in [2.24, 2.45) is 0 Å². The Morgan fingerprint density at radius 1 is 1.38 bits per heavy atom. The number of carbonyl (C=O) groups excluding carboxylic acids is 1. The van der Waals surface area contributed by atoms with E-state index in [2.05, 4.69) is 0 Å². The maximum atomic E-state index is 12.7. The summed E-state index contributed by atoms with van der Waals surface area (Å²) in [6.07, 6.45) is 1.95. The lowest BCUT2D eigenvalue weighted by atomic mass is 10.2. The number of nitrogens with zero attached hydrogens (tertiary/aromatic N) is 1. The second-order valence-electron chi connectivity index (χ2n) is 6.36. The molecule has 140 valence electrons. The number of halogens is 1. The van der Waals surface area contributed by atoms with Crippen LogP contribution in [0, 0.1) is 6.92 Å². The van der Waals surface area contributed by atoms with E-state index in [0.717, 1.165) is 5.56 Å². The molecule has 2 aromatic rings. The highest BCUT2D eigenvalue weighted by molar-refractivity contribution is 7.91. The van der Waals surface area contributed by atoms with Gasteiger partial charge in [0.25, 0.3) is 5.91 Å². The van der Waals surface area contributed by atoms with Gasteiger partial charge in [0.1, 0.15) is 11.5 Å². The van der Waals surface area contributed by atoms with Crippen molar-refractivity contribution in [1.82, 2.24) is 4.90 Å². The second-order valence-corrected chi connectivity index (χ2v) is 8.99. The van der Waals surface area contributed by atoms with Gasteiger partial charge in [0, 0.05) is 11.1 Å². The number of amides is 1. The highest BCUT2D eigenvalue weighted by Gasteiger charge is 2.35. The zero-order chi connectivity index (χ0) is 18.7. The number of furan rings is 1. The molecule has 1 atom stereocenters. The van der Waals surface area contributed by atoms with Gasteiger partial charge in [-0.2, -0.15) is 0 Å². The standard InChI is InChI=1S/C18H20ClNO5S/c1-13-9-15(4-5-17(13)19)25-11-18(21)20(10-16-3-2-7-24-16)14-6-8-26(22,23)12-14/h2-5,7,9,14H,6,8,10-12H2,1H3/t14-/m0/s1. The molecule has 0 N–H and O–H groups in total. The Hall–Kier alpha value is -1.99. The van der Waals surface area contributed by atoms with Crippen molar-refractivity contribution in [3.63, 3.8) is 0 Å². The summed E-state index contributed by atoms with van der Waals surface area (Å²) in [5.41, 5.74) is 0.853. The molecular weight excluding hydrogens is 378 g/mol. The second kappa shape index (κ2) is 7.72. The van der Waals surface area contributed by atoms with Crippen LogP contribution in [0.5, 0.6) is 5.75 Å². The van der Waals surface area contributed by atoms with E-state index >= 15 is 0 Å².